The molecule has 4 rings (SSSR count). The van der Waals surface area contributed by atoms with Gasteiger partial charge in [-0.1, -0.05) is 5.16 Å². The van der Waals surface area contributed by atoms with Gasteiger partial charge in [-0.15, -0.1) is 0 Å². The molecule has 2 aliphatic heterocycles. The molecule has 2 aromatic heterocycles. The van der Waals surface area contributed by atoms with Crippen molar-refractivity contribution in [1.82, 2.24) is 29.3 Å². The molecule has 0 bridgehead atoms. The number of sulfonamides is 1. The number of rotatable bonds is 5. The Morgan fingerprint density at radius 1 is 1.20 bits per heavy atom. The summed E-state index contributed by atoms with van der Waals surface area (Å²) in [4.78, 5) is 27.5. The van der Waals surface area contributed by atoms with Crippen molar-refractivity contribution < 1.29 is 17.7 Å². The normalized spacial score (nSPS) is 21.6. The van der Waals surface area contributed by atoms with Crippen LogP contribution >= 0.6 is 0 Å². The van der Waals surface area contributed by atoms with E-state index in [1.165, 1.54) is 10.6 Å². The molecule has 0 unspecified atom stereocenters. The van der Waals surface area contributed by atoms with Crippen LogP contribution in [0.25, 0.3) is 11.5 Å². The van der Waals surface area contributed by atoms with Gasteiger partial charge in [0.15, 0.2) is 0 Å². The molecule has 0 spiro atoms. The van der Waals surface area contributed by atoms with Gasteiger partial charge < -0.3 is 9.42 Å². The highest BCUT2D eigenvalue weighted by Crippen LogP contribution is 2.26. The summed E-state index contributed by atoms with van der Waals surface area (Å²) in [6.45, 7) is 2.24. The number of carbonyl (C=O) groups is 1. The predicted octanol–water partition coefficient (Wildman–Crippen LogP) is 0.979. The highest BCUT2D eigenvalue weighted by Gasteiger charge is 2.33. The molecule has 1 amide bonds. The quantitative estimate of drug-likeness (QED) is 0.682. The number of nitrogens with zero attached hydrogens (tertiary/aromatic N) is 6. The molecule has 0 aliphatic carbocycles. The van der Waals surface area contributed by atoms with Gasteiger partial charge in [-0.3, -0.25) is 9.78 Å². The predicted molar refractivity (Wildman–Crippen MR) is 107 cm³/mol. The van der Waals surface area contributed by atoms with Gasteiger partial charge in [-0.05, 0) is 31.6 Å². The molecule has 0 saturated carbocycles. The Morgan fingerprint density at radius 2 is 2.00 bits per heavy atom. The number of piperidine rings is 2. The first kappa shape index (κ1) is 20.9. The lowest BCUT2D eigenvalue weighted by Gasteiger charge is -2.37. The third kappa shape index (κ3) is 4.84. The van der Waals surface area contributed by atoms with Crippen molar-refractivity contribution in [3.8, 4) is 11.5 Å². The van der Waals surface area contributed by atoms with E-state index < -0.39 is 10.0 Å². The first-order valence-electron chi connectivity index (χ1n) is 10.2. The minimum atomic E-state index is -3.18. The Bertz CT molecular complexity index is 972. The summed E-state index contributed by atoms with van der Waals surface area (Å²) < 4.78 is 30.2. The summed E-state index contributed by atoms with van der Waals surface area (Å²) >= 11 is 0. The zero-order valence-electron chi connectivity index (χ0n) is 17.0. The third-order valence-corrected chi connectivity index (χ3v) is 7.13. The number of aromatic nitrogens is 4. The lowest BCUT2D eigenvalue weighted by atomic mass is 9.91. The van der Waals surface area contributed by atoms with Crippen molar-refractivity contribution in [2.24, 2.45) is 11.8 Å². The van der Waals surface area contributed by atoms with Gasteiger partial charge in [0.2, 0.25) is 27.6 Å². The number of amides is 1. The maximum Gasteiger partial charge on any atom is 0.227 e. The van der Waals surface area contributed by atoms with Gasteiger partial charge >= 0.3 is 0 Å². The maximum absolute atomic E-state index is 13.0. The lowest BCUT2D eigenvalue weighted by Crippen LogP contribution is -2.47. The Hall–Kier alpha value is -2.40. The molecule has 162 valence electrons. The zero-order chi connectivity index (χ0) is 21.1. The standard InChI is InChI=1S/C19H26N6O4S/c1-30(27,28)25-9-4-15(5-10-25)19(26)24-8-2-3-14(13-24)11-17-22-18(23-29-17)16-12-20-6-7-21-16/h6-7,12,14-15H,2-5,8-11,13H2,1H3/t14-/m0/s1. The van der Waals surface area contributed by atoms with Gasteiger partial charge in [0, 0.05) is 50.9 Å². The first-order valence-corrected chi connectivity index (χ1v) is 12.1. The van der Waals surface area contributed by atoms with E-state index >= 15 is 0 Å². The zero-order valence-corrected chi connectivity index (χ0v) is 17.8. The second-order valence-electron chi connectivity index (χ2n) is 8.04. The Kier molecular flexibility index (Phi) is 6.09. The second kappa shape index (κ2) is 8.76. The number of hydrogen-bond donors (Lipinski definition) is 0. The summed E-state index contributed by atoms with van der Waals surface area (Å²) in [6.07, 6.45) is 9.69. The molecular weight excluding hydrogens is 408 g/mol. The average molecular weight is 435 g/mol. The fourth-order valence-electron chi connectivity index (χ4n) is 4.23. The molecule has 4 heterocycles. The van der Waals surface area contributed by atoms with Crippen LogP contribution in [-0.2, 0) is 21.2 Å². The number of hydrogen-bond acceptors (Lipinski definition) is 8. The van der Waals surface area contributed by atoms with Crippen LogP contribution in [0, 0.1) is 11.8 Å². The third-order valence-electron chi connectivity index (χ3n) is 5.83. The second-order valence-corrected chi connectivity index (χ2v) is 10.0. The summed E-state index contributed by atoms with van der Waals surface area (Å²) in [5, 5.41) is 3.98. The van der Waals surface area contributed by atoms with Crippen LogP contribution in [0.4, 0.5) is 0 Å². The maximum atomic E-state index is 13.0. The molecule has 2 aliphatic rings. The van der Waals surface area contributed by atoms with Gasteiger partial charge in [0.25, 0.3) is 0 Å². The van der Waals surface area contributed by atoms with E-state index in [0.29, 0.717) is 56.3 Å². The van der Waals surface area contributed by atoms with Gasteiger partial charge in [0.05, 0.1) is 12.5 Å². The first-order chi connectivity index (χ1) is 14.4. The summed E-state index contributed by atoms with van der Waals surface area (Å²) in [6, 6.07) is 0. The van der Waals surface area contributed by atoms with Crippen LogP contribution in [0.2, 0.25) is 0 Å². The largest absolute Gasteiger partial charge is 0.342 e. The van der Waals surface area contributed by atoms with Crippen LogP contribution < -0.4 is 0 Å². The highest BCUT2D eigenvalue weighted by molar-refractivity contribution is 7.88. The minimum absolute atomic E-state index is 0.103. The number of likely N-dealkylation sites (tertiary alicyclic amines) is 1. The molecule has 10 nitrogen and oxygen atoms in total. The fourth-order valence-corrected chi connectivity index (χ4v) is 5.10. The van der Waals surface area contributed by atoms with E-state index in [1.54, 1.807) is 18.6 Å². The van der Waals surface area contributed by atoms with Crippen LogP contribution in [0.5, 0.6) is 0 Å². The van der Waals surface area contributed by atoms with Crippen molar-refractivity contribution in [3.63, 3.8) is 0 Å². The summed E-state index contributed by atoms with van der Waals surface area (Å²) in [7, 11) is -3.18. The van der Waals surface area contributed by atoms with E-state index in [2.05, 4.69) is 20.1 Å². The molecule has 2 saturated heterocycles. The van der Waals surface area contributed by atoms with Crippen molar-refractivity contribution in [2.75, 3.05) is 32.4 Å². The molecule has 0 aromatic carbocycles. The Labute approximate surface area is 175 Å². The topological polar surface area (TPSA) is 122 Å². The van der Waals surface area contributed by atoms with Crippen molar-refractivity contribution in [1.29, 1.82) is 0 Å². The Balaban J connectivity index is 1.33. The van der Waals surface area contributed by atoms with Crippen molar-refractivity contribution in [3.05, 3.63) is 24.5 Å². The molecule has 30 heavy (non-hydrogen) atoms. The van der Waals surface area contributed by atoms with Crippen molar-refractivity contribution in [2.45, 2.75) is 32.1 Å². The highest BCUT2D eigenvalue weighted by atomic mass is 32.2. The van der Waals surface area contributed by atoms with Crippen LogP contribution in [0.3, 0.4) is 0 Å². The molecule has 2 fully saturated rings. The smallest absolute Gasteiger partial charge is 0.227 e. The van der Waals surface area contributed by atoms with Crippen LogP contribution in [0.1, 0.15) is 31.6 Å². The van der Waals surface area contributed by atoms with E-state index in [1.807, 2.05) is 4.90 Å². The lowest BCUT2D eigenvalue weighted by molar-refractivity contribution is -0.138. The fraction of sp³-hybridized carbons (Fsp3) is 0.632. The molecular formula is C19H26N6O4S. The minimum Gasteiger partial charge on any atom is -0.342 e. The van der Waals surface area contributed by atoms with Gasteiger partial charge in [-0.2, -0.15) is 4.98 Å². The SMILES string of the molecule is CS(=O)(=O)N1CCC(C(=O)N2CCC[C@@H](Cc3nc(-c4cnccn4)no3)C2)CC1. The number of carbonyl (C=O) groups excluding carboxylic acids is 1. The molecule has 2 aromatic rings. The Morgan fingerprint density at radius 3 is 2.70 bits per heavy atom. The van der Waals surface area contributed by atoms with E-state index in [-0.39, 0.29) is 17.7 Å². The average Bonchev–Trinajstić information content (AvgIpc) is 3.22. The van der Waals surface area contributed by atoms with E-state index in [0.717, 1.165) is 19.4 Å². The van der Waals surface area contributed by atoms with Crippen LogP contribution in [0.15, 0.2) is 23.1 Å². The summed E-state index contributed by atoms with van der Waals surface area (Å²) in [5.41, 5.74) is 0.563. The van der Waals surface area contributed by atoms with Crippen molar-refractivity contribution >= 4 is 15.9 Å². The van der Waals surface area contributed by atoms with E-state index in [4.69, 9.17) is 4.52 Å². The van der Waals surface area contributed by atoms with E-state index in [9.17, 15) is 13.2 Å². The molecule has 11 heteroatoms. The summed E-state index contributed by atoms with van der Waals surface area (Å²) in [5.74, 6) is 1.25. The molecule has 0 radical (unpaired) electrons. The van der Waals surface area contributed by atoms with Gasteiger partial charge in [-0.25, -0.2) is 17.7 Å². The molecule has 0 N–H and O–H groups in total. The molecule has 1 atom stereocenters. The van der Waals surface area contributed by atoms with Crippen LogP contribution in [-0.4, -0.2) is 76.1 Å². The monoisotopic (exact) mass is 434 g/mol. The van der Waals surface area contributed by atoms with Gasteiger partial charge in [0.1, 0.15) is 5.69 Å².